The predicted molar refractivity (Wildman–Crippen MR) is 98.9 cm³/mol. The van der Waals surface area contributed by atoms with Gasteiger partial charge in [-0.25, -0.2) is 13.1 Å². The van der Waals surface area contributed by atoms with Crippen LogP contribution in [0, 0.1) is 0 Å². The maximum atomic E-state index is 11.8. The zero-order valence-electron chi connectivity index (χ0n) is 11.9. The van der Waals surface area contributed by atoms with E-state index in [2.05, 4.69) is 36.9 Å². The van der Waals surface area contributed by atoms with Crippen molar-refractivity contribution in [3.8, 4) is 5.75 Å². The molecule has 0 aromatic heterocycles. The van der Waals surface area contributed by atoms with E-state index < -0.39 is 16.0 Å². The van der Waals surface area contributed by atoms with Crippen LogP contribution in [0.1, 0.15) is 5.56 Å². The number of hydrogen-bond acceptors (Lipinski definition) is 4. The molecule has 0 spiro atoms. The Morgan fingerprint density at radius 3 is 2.46 bits per heavy atom. The third-order valence-corrected chi connectivity index (χ3v) is 5.23. The number of benzene rings is 2. The lowest BCUT2D eigenvalue weighted by Gasteiger charge is -2.05. The van der Waals surface area contributed by atoms with Crippen molar-refractivity contribution in [2.75, 3.05) is 0 Å². The summed E-state index contributed by atoms with van der Waals surface area (Å²) in [6, 6.07) is 8.96. The molecular formula is C14H11Br2N4O3S. The number of halogens is 2. The maximum absolute atomic E-state index is 11.8. The molecular weight excluding hydrogens is 464 g/mol. The van der Waals surface area contributed by atoms with Crippen molar-refractivity contribution in [3.63, 3.8) is 0 Å². The van der Waals surface area contributed by atoms with Crippen molar-refractivity contribution in [1.29, 1.82) is 0 Å². The Kier molecular flexibility index (Phi) is 5.62. The van der Waals surface area contributed by atoms with Gasteiger partial charge in [-0.1, -0.05) is 15.9 Å². The van der Waals surface area contributed by atoms with Gasteiger partial charge in [0.05, 0.1) is 15.1 Å². The van der Waals surface area contributed by atoms with E-state index in [0.29, 0.717) is 15.7 Å². The Hall–Kier alpha value is -1.91. The van der Waals surface area contributed by atoms with Crippen LogP contribution in [0.3, 0.4) is 0 Å². The summed E-state index contributed by atoms with van der Waals surface area (Å²) in [6.45, 7) is 0. The minimum Gasteiger partial charge on any atom is -0.506 e. The third kappa shape index (κ3) is 4.56. The monoisotopic (exact) mass is 473 g/mol. The number of phenolic OH excluding ortho intramolecular Hbond substituents is 1. The number of guanidine groups is 1. The highest BCUT2D eigenvalue weighted by atomic mass is 79.9. The number of nitrogens with two attached hydrogens (primary N) is 1. The van der Waals surface area contributed by atoms with E-state index in [-0.39, 0.29) is 10.6 Å². The molecule has 7 nitrogen and oxygen atoms in total. The molecule has 0 heterocycles. The summed E-state index contributed by atoms with van der Waals surface area (Å²) in [4.78, 5) is 4.11. The smallest absolute Gasteiger partial charge is 0.264 e. The Morgan fingerprint density at radius 2 is 1.88 bits per heavy atom. The summed E-state index contributed by atoms with van der Waals surface area (Å²) in [5.74, 6) is -0.868. The van der Waals surface area contributed by atoms with Crippen molar-refractivity contribution < 1.29 is 13.5 Å². The molecule has 24 heavy (non-hydrogen) atoms. The van der Waals surface area contributed by atoms with Crippen LogP contribution in [0.15, 0.2) is 55.2 Å². The van der Waals surface area contributed by atoms with Crippen molar-refractivity contribution in [2.24, 2.45) is 10.7 Å². The van der Waals surface area contributed by atoms with Crippen molar-refractivity contribution in [1.82, 2.24) is 10.1 Å². The summed E-state index contributed by atoms with van der Waals surface area (Å²) in [7, 11) is -3.93. The van der Waals surface area contributed by atoms with E-state index in [9.17, 15) is 13.5 Å². The van der Waals surface area contributed by atoms with Gasteiger partial charge in [0.15, 0.2) is 0 Å². The van der Waals surface area contributed by atoms with E-state index in [0.717, 1.165) is 4.47 Å². The molecule has 125 valence electrons. The first-order chi connectivity index (χ1) is 11.2. The first-order valence-corrected chi connectivity index (χ1v) is 9.42. The number of aromatic hydroxyl groups is 1. The highest BCUT2D eigenvalue weighted by Gasteiger charge is 2.14. The number of nitrogens with one attached hydrogen (secondary N) is 1. The van der Waals surface area contributed by atoms with Crippen LogP contribution in [0.5, 0.6) is 5.75 Å². The number of hydrogen-bond donors (Lipinski definition) is 3. The van der Waals surface area contributed by atoms with E-state index in [1.54, 1.807) is 16.9 Å². The molecule has 0 saturated heterocycles. The SMILES string of the molecule is [N]=C(N)NS(=O)(=O)c1ccc(N=Cc2cc(Br)cc(Br)c2O)cc1. The van der Waals surface area contributed by atoms with Crippen LogP contribution >= 0.6 is 31.9 Å². The average molecular weight is 475 g/mol. The van der Waals surface area contributed by atoms with Gasteiger partial charge in [-0.3, -0.25) is 4.99 Å². The van der Waals surface area contributed by atoms with Crippen LogP contribution in [0.4, 0.5) is 5.69 Å². The van der Waals surface area contributed by atoms with Gasteiger partial charge in [-0.05, 0) is 52.3 Å². The molecule has 0 bridgehead atoms. The Labute approximate surface area is 155 Å². The molecule has 4 N–H and O–H groups in total. The number of sulfonamides is 1. The lowest BCUT2D eigenvalue weighted by Crippen LogP contribution is -2.37. The van der Waals surface area contributed by atoms with Crippen LogP contribution in [0.2, 0.25) is 0 Å². The Balaban J connectivity index is 2.25. The number of nitrogens with zero attached hydrogens (tertiary/aromatic N) is 2. The average Bonchev–Trinajstić information content (AvgIpc) is 2.48. The fourth-order valence-electron chi connectivity index (χ4n) is 1.74. The number of phenols is 1. The van der Waals surface area contributed by atoms with E-state index in [4.69, 9.17) is 11.1 Å². The first-order valence-electron chi connectivity index (χ1n) is 6.35. The molecule has 0 atom stereocenters. The van der Waals surface area contributed by atoms with E-state index in [1.165, 1.54) is 30.5 Å². The second-order valence-corrected chi connectivity index (χ2v) is 8.02. The van der Waals surface area contributed by atoms with Crippen LogP contribution in [0.25, 0.3) is 0 Å². The van der Waals surface area contributed by atoms with Crippen molar-refractivity contribution >= 4 is 59.7 Å². The summed E-state index contributed by atoms with van der Waals surface area (Å²) in [5, 5.41) is 18.8. The quantitative estimate of drug-likeness (QED) is 0.462. The second-order valence-electron chi connectivity index (χ2n) is 4.57. The Morgan fingerprint density at radius 1 is 1.25 bits per heavy atom. The standard InChI is InChI=1S/C14H11Br2N4O3S/c15-9-5-8(13(21)12(16)6-9)7-19-10-1-3-11(4-2-10)24(22,23)20-14(17)18/h1-7,20-21H,17H2. The van der Waals surface area contributed by atoms with Gasteiger partial charge in [0, 0.05) is 16.3 Å². The lowest BCUT2D eigenvalue weighted by molar-refractivity contribution is 0.471. The van der Waals surface area contributed by atoms with Gasteiger partial charge >= 0.3 is 0 Å². The topological polar surface area (TPSA) is 127 Å². The minimum atomic E-state index is -3.93. The number of rotatable bonds is 4. The van der Waals surface area contributed by atoms with Crippen LogP contribution < -0.4 is 15.9 Å². The molecule has 0 aliphatic rings. The van der Waals surface area contributed by atoms with Gasteiger partial charge in [0.25, 0.3) is 10.0 Å². The molecule has 10 heteroatoms. The molecule has 2 rings (SSSR count). The molecule has 1 radical (unpaired) electrons. The largest absolute Gasteiger partial charge is 0.506 e. The lowest BCUT2D eigenvalue weighted by atomic mass is 10.2. The zero-order chi connectivity index (χ0) is 17.9. The predicted octanol–water partition coefficient (Wildman–Crippen LogP) is 2.06. The normalized spacial score (nSPS) is 11.6. The van der Waals surface area contributed by atoms with Crippen molar-refractivity contribution in [2.45, 2.75) is 4.90 Å². The molecule has 2 aromatic carbocycles. The molecule has 0 unspecified atom stereocenters. The summed E-state index contributed by atoms with van der Waals surface area (Å²) in [6.07, 6.45) is 1.45. The van der Waals surface area contributed by atoms with Gasteiger partial charge in [0.1, 0.15) is 5.75 Å². The first kappa shape index (κ1) is 18.4. The molecule has 2 aromatic rings. The van der Waals surface area contributed by atoms with Gasteiger partial charge < -0.3 is 10.8 Å². The summed E-state index contributed by atoms with van der Waals surface area (Å²) in [5.41, 5.74) is 5.88. The van der Waals surface area contributed by atoms with E-state index in [1.807, 2.05) is 0 Å². The minimum absolute atomic E-state index is 0.0410. The highest BCUT2D eigenvalue weighted by Crippen LogP contribution is 2.31. The fraction of sp³-hybridized carbons (Fsp3) is 0. The van der Waals surface area contributed by atoms with Crippen LogP contribution in [-0.2, 0) is 10.0 Å². The highest BCUT2D eigenvalue weighted by molar-refractivity contribution is 9.11. The van der Waals surface area contributed by atoms with Crippen molar-refractivity contribution in [3.05, 3.63) is 50.9 Å². The maximum Gasteiger partial charge on any atom is 0.264 e. The Bertz CT molecular complexity index is 912. The van der Waals surface area contributed by atoms with Gasteiger partial charge in [-0.2, -0.15) is 0 Å². The third-order valence-electron chi connectivity index (χ3n) is 2.80. The summed E-state index contributed by atoms with van der Waals surface area (Å²) >= 11 is 6.54. The summed E-state index contributed by atoms with van der Waals surface area (Å²) < 4.78 is 26.7. The van der Waals surface area contributed by atoms with Crippen LogP contribution in [-0.4, -0.2) is 25.7 Å². The molecule has 0 aliphatic carbocycles. The molecule has 0 fully saturated rings. The second kappa shape index (κ2) is 7.32. The molecule has 0 saturated carbocycles. The molecule has 0 aliphatic heterocycles. The van der Waals surface area contributed by atoms with E-state index >= 15 is 0 Å². The fourth-order valence-corrected chi connectivity index (χ4v) is 3.88. The number of aliphatic imine (C=N–C) groups is 1. The van der Waals surface area contributed by atoms with Gasteiger partial charge in [0.2, 0.25) is 5.96 Å². The zero-order valence-corrected chi connectivity index (χ0v) is 15.9. The molecule has 0 amide bonds. The van der Waals surface area contributed by atoms with Gasteiger partial charge in [-0.15, -0.1) is 5.41 Å².